The molecule has 0 aromatic heterocycles. The van der Waals surface area contributed by atoms with Crippen molar-refractivity contribution < 1.29 is 0 Å². The summed E-state index contributed by atoms with van der Waals surface area (Å²) in [5, 5.41) is 20.4. The van der Waals surface area contributed by atoms with Crippen LogP contribution < -0.4 is 15.9 Å². The van der Waals surface area contributed by atoms with E-state index < -0.39 is 7.92 Å². The molecule has 39 heavy (non-hydrogen) atoms. The van der Waals surface area contributed by atoms with Gasteiger partial charge in [-0.3, -0.25) is 0 Å². The zero-order valence-corrected chi connectivity index (χ0v) is 22.1. The largest absolute Gasteiger partial charge is 0.0622 e. The van der Waals surface area contributed by atoms with Crippen LogP contribution in [-0.2, 0) is 0 Å². The van der Waals surface area contributed by atoms with Gasteiger partial charge in [0.25, 0.3) is 0 Å². The molecule has 0 nitrogen and oxygen atoms in total. The normalized spacial score (nSPS) is 12.3. The van der Waals surface area contributed by atoms with Gasteiger partial charge in [0.2, 0.25) is 0 Å². The highest BCUT2D eigenvalue weighted by Gasteiger charge is 2.23. The van der Waals surface area contributed by atoms with Crippen LogP contribution >= 0.6 is 7.92 Å². The Bertz CT molecular complexity index is 2150. The Morgan fingerprint density at radius 2 is 0.667 bits per heavy atom. The Kier molecular flexibility index (Phi) is 4.39. The quantitative estimate of drug-likeness (QED) is 0.164. The molecule has 0 N–H and O–H groups in total. The van der Waals surface area contributed by atoms with Crippen LogP contribution in [0.15, 0.2) is 140 Å². The zero-order chi connectivity index (χ0) is 25.5. The summed E-state index contributed by atoms with van der Waals surface area (Å²) < 4.78 is 0. The molecule has 9 aromatic rings. The molecule has 0 radical (unpaired) electrons. The van der Waals surface area contributed by atoms with E-state index in [1.807, 2.05) is 0 Å². The molecule has 0 fully saturated rings. The van der Waals surface area contributed by atoms with Crippen LogP contribution in [0.25, 0.3) is 64.6 Å². The molecular weight excluding hydrogens is 487 g/mol. The first kappa shape index (κ1) is 21.4. The van der Waals surface area contributed by atoms with Crippen molar-refractivity contribution in [1.82, 2.24) is 0 Å². The number of hydrogen-bond acceptors (Lipinski definition) is 0. The van der Waals surface area contributed by atoms with Gasteiger partial charge in [-0.15, -0.1) is 0 Å². The number of rotatable bonds is 3. The van der Waals surface area contributed by atoms with Crippen molar-refractivity contribution in [3.05, 3.63) is 140 Å². The van der Waals surface area contributed by atoms with E-state index in [9.17, 15) is 0 Å². The van der Waals surface area contributed by atoms with Crippen molar-refractivity contribution in [2.75, 3.05) is 0 Å². The second kappa shape index (κ2) is 8.00. The molecule has 0 saturated carbocycles. The minimum absolute atomic E-state index is 0.800. The van der Waals surface area contributed by atoms with E-state index in [0.717, 1.165) is 0 Å². The summed E-state index contributed by atoms with van der Waals surface area (Å²) in [6, 6.07) is 52.4. The average molecular weight is 511 g/mol. The van der Waals surface area contributed by atoms with Crippen molar-refractivity contribution in [2.45, 2.75) is 0 Å². The minimum Gasteiger partial charge on any atom is -0.0622 e. The molecule has 9 aromatic carbocycles. The van der Waals surface area contributed by atoms with Gasteiger partial charge in [-0.1, -0.05) is 140 Å². The van der Waals surface area contributed by atoms with Crippen LogP contribution in [0.3, 0.4) is 0 Å². The molecule has 0 aliphatic heterocycles. The van der Waals surface area contributed by atoms with Crippen molar-refractivity contribution >= 4 is 88.5 Å². The molecule has 9 rings (SSSR count). The molecule has 180 valence electrons. The second-order valence-electron chi connectivity index (χ2n) is 10.6. The monoisotopic (exact) mass is 510 g/mol. The molecule has 0 bridgehead atoms. The van der Waals surface area contributed by atoms with E-state index in [2.05, 4.69) is 140 Å². The minimum atomic E-state index is -0.800. The first-order valence-electron chi connectivity index (χ1n) is 13.5. The Hall–Kier alpha value is -4.51. The van der Waals surface area contributed by atoms with Gasteiger partial charge < -0.3 is 0 Å². The molecule has 0 unspecified atom stereocenters. The van der Waals surface area contributed by atoms with Crippen LogP contribution in [0.2, 0.25) is 0 Å². The molecule has 0 amide bonds. The number of hydrogen-bond donors (Lipinski definition) is 0. The van der Waals surface area contributed by atoms with Crippen LogP contribution in [0.4, 0.5) is 0 Å². The van der Waals surface area contributed by atoms with E-state index >= 15 is 0 Å². The Balaban J connectivity index is 1.42. The molecular formula is C38H23P. The fourth-order valence-electron chi connectivity index (χ4n) is 6.81. The van der Waals surface area contributed by atoms with Gasteiger partial charge in [-0.25, -0.2) is 0 Å². The lowest BCUT2D eigenvalue weighted by Crippen LogP contribution is -2.22. The van der Waals surface area contributed by atoms with E-state index in [4.69, 9.17) is 0 Å². The van der Waals surface area contributed by atoms with Crippen LogP contribution in [-0.4, -0.2) is 0 Å². The van der Waals surface area contributed by atoms with Crippen LogP contribution in [0.1, 0.15) is 0 Å². The van der Waals surface area contributed by atoms with Crippen molar-refractivity contribution in [1.29, 1.82) is 0 Å². The third-order valence-corrected chi connectivity index (χ3v) is 11.1. The van der Waals surface area contributed by atoms with Gasteiger partial charge in [-0.2, -0.15) is 0 Å². The average Bonchev–Trinajstić information content (AvgIpc) is 3.00. The van der Waals surface area contributed by atoms with Crippen LogP contribution in [0.5, 0.6) is 0 Å². The highest BCUT2D eigenvalue weighted by molar-refractivity contribution is 7.80. The zero-order valence-electron chi connectivity index (χ0n) is 21.2. The fraction of sp³-hybridized carbons (Fsp3) is 0. The smallest absolute Gasteiger partial charge is 0.00202 e. The van der Waals surface area contributed by atoms with Gasteiger partial charge in [0, 0.05) is 0 Å². The summed E-state index contributed by atoms with van der Waals surface area (Å²) in [7, 11) is -0.800. The predicted octanol–water partition coefficient (Wildman–Crippen LogP) is 9.24. The maximum absolute atomic E-state index is 2.40. The van der Waals surface area contributed by atoms with Gasteiger partial charge >= 0.3 is 0 Å². The molecule has 1 heteroatoms. The summed E-state index contributed by atoms with van der Waals surface area (Å²) in [4.78, 5) is 0. The summed E-state index contributed by atoms with van der Waals surface area (Å²) in [6.07, 6.45) is 0. The predicted molar refractivity (Wildman–Crippen MR) is 173 cm³/mol. The Morgan fingerprint density at radius 1 is 0.282 bits per heavy atom. The maximum atomic E-state index is 2.40. The third kappa shape index (κ3) is 2.98. The van der Waals surface area contributed by atoms with Crippen LogP contribution in [0, 0.1) is 0 Å². The SMILES string of the molecule is c1ccc(P(c2ccc3ccc4cccc5ccc2c3c45)c2ccc3ccc4cccc5ccc2c3c45)cc1. The summed E-state index contributed by atoms with van der Waals surface area (Å²) >= 11 is 0. The van der Waals surface area contributed by atoms with Gasteiger partial charge in [0.15, 0.2) is 0 Å². The fourth-order valence-corrected chi connectivity index (χ4v) is 9.40. The van der Waals surface area contributed by atoms with Crippen molar-refractivity contribution in [2.24, 2.45) is 0 Å². The van der Waals surface area contributed by atoms with Crippen molar-refractivity contribution in [3.63, 3.8) is 0 Å². The van der Waals surface area contributed by atoms with E-state index in [1.165, 1.54) is 80.5 Å². The van der Waals surface area contributed by atoms with Gasteiger partial charge in [0.05, 0.1) is 0 Å². The lowest BCUT2D eigenvalue weighted by Gasteiger charge is -2.25. The Labute approximate surface area is 227 Å². The lowest BCUT2D eigenvalue weighted by atomic mass is 9.94. The number of benzene rings is 9. The molecule has 0 heterocycles. The molecule has 0 spiro atoms. The van der Waals surface area contributed by atoms with E-state index in [0.29, 0.717) is 0 Å². The first-order chi connectivity index (χ1) is 19.3. The summed E-state index contributed by atoms with van der Waals surface area (Å²) in [6.45, 7) is 0. The lowest BCUT2D eigenvalue weighted by molar-refractivity contribution is 1.76. The van der Waals surface area contributed by atoms with Gasteiger partial charge in [0.1, 0.15) is 0 Å². The third-order valence-electron chi connectivity index (χ3n) is 8.51. The van der Waals surface area contributed by atoms with Gasteiger partial charge in [-0.05, 0) is 88.5 Å². The van der Waals surface area contributed by atoms with E-state index in [-0.39, 0.29) is 0 Å². The summed E-state index contributed by atoms with van der Waals surface area (Å²) in [5.74, 6) is 0. The molecule has 0 aliphatic rings. The highest BCUT2D eigenvalue weighted by Crippen LogP contribution is 2.44. The van der Waals surface area contributed by atoms with Crippen molar-refractivity contribution in [3.8, 4) is 0 Å². The Morgan fingerprint density at radius 3 is 1.13 bits per heavy atom. The second-order valence-corrected chi connectivity index (χ2v) is 12.7. The maximum Gasteiger partial charge on any atom is -0.00202 e. The van der Waals surface area contributed by atoms with E-state index in [1.54, 1.807) is 0 Å². The molecule has 0 saturated heterocycles. The topological polar surface area (TPSA) is 0 Å². The standard InChI is InChI=1S/C38H23P/c1-2-10-30(11-3-1)39(33-22-18-28-14-12-24-6-4-8-26-16-20-31(33)37(28)35(24)26)34-23-19-29-15-13-25-7-5-9-27-17-21-32(34)38(29)36(25)27/h1-23H. The first-order valence-corrected chi connectivity index (χ1v) is 14.9. The summed E-state index contributed by atoms with van der Waals surface area (Å²) in [5.41, 5.74) is 0. The molecule has 0 aliphatic carbocycles. The molecule has 0 atom stereocenters. The highest BCUT2D eigenvalue weighted by atomic mass is 31.1.